The fraction of sp³-hybridized carbons (Fsp3) is 0.333. The van der Waals surface area contributed by atoms with Crippen LogP contribution in [0.15, 0.2) is 54.2 Å². The van der Waals surface area contributed by atoms with E-state index in [4.69, 9.17) is 16.3 Å². The van der Waals surface area contributed by atoms with Gasteiger partial charge >= 0.3 is 0 Å². The van der Waals surface area contributed by atoms with Crippen LogP contribution >= 0.6 is 11.6 Å². The number of halogens is 1. The van der Waals surface area contributed by atoms with Gasteiger partial charge in [-0.2, -0.15) is 0 Å². The first-order valence-corrected chi connectivity index (χ1v) is 10.8. The van der Waals surface area contributed by atoms with Gasteiger partial charge in [-0.1, -0.05) is 41.4 Å². The van der Waals surface area contributed by atoms with E-state index < -0.39 is 0 Å². The average Bonchev–Trinajstić information content (AvgIpc) is 2.78. The predicted molar refractivity (Wildman–Crippen MR) is 123 cm³/mol. The predicted octanol–water partition coefficient (Wildman–Crippen LogP) is 3.26. The molecule has 0 unspecified atom stereocenters. The third-order valence-electron chi connectivity index (χ3n) is 5.03. The Morgan fingerprint density at radius 2 is 1.74 bits per heavy atom. The van der Waals surface area contributed by atoms with Crippen LogP contribution in [0.1, 0.15) is 27.9 Å². The third-order valence-corrected chi connectivity index (χ3v) is 5.28. The number of carbonyl (C=O) groups excluding carboxylic acids is 2. The van der Waals surface area contributed by atoms with Crippen molar-refractivity contribution in [1.82, 2.24) is 15.5 Å². The molecule has 3 rings (SSSR count). The number of benzene rings is 2. The van der Waals surface area contributed by atoms with Crippen LogP contribution in [-0.2, 0) is 9.53 Å². The second-order valence-corrected chi connectivity index (χ2v) is 7.93. The van der Waals surface area contributed by atoms with Crippen molar-refractivity contribution < 1.29 is 14.3 Å². The summed E-state index contributed by atoms with van der Waals surface area (Å²) in [7, 11) is 0. The van der Waals surface area contributed by atoms with Crippen LogP contribution in [0.4, 0.5) is 0 Å². The van der Waals surface area contributed by atoms with Crippen molar-refractivity contribution in [2.75, 3.05) is 39.4 Å². The minimum absolute atomic E-state index is 0.194. The van der Waals surface area contributed by atoms with Gasteiger partial charge < -0.3 is 15.4 Å². The highest BCUT2D eigenvalue weighted by molar-refractivity contribution is 6.30. The van der Waals surface area contributed by atoms with Crippen molar-refractivity contribution in [2.24, 2.45) is 0 Å². The lowest BCUT2D eigenvalue weighted by molar-refractivity contribution is -0.117. The highest BCUT2D eigenvalue weighted by Gasteiger charge is 2.15. The van der Waals surface area contributed by atoms with Gasteiger partial charge in [-0.3, -0.25) is 14.5 Å². The second-order valence-electron chi connectivity index (χ2n) is 7.49. The summed E-state index contributed by atoms with van der Waals surface area (Å²) in [6, 6.07) is 14.3. The maximum Gasteiger partial charge on any atom is 0.267 e. The Bertz CT molecular complexity index is 905. The molecule has 2 amide bonds. The zero-order chi connectivity index (χ0) is 22.1. The number of rotatable bonds is 8. The van der Waals surface area contributed by atoms with E-state index in [0.29, 0.717) is 17.1 Å². The second kappa shape index (κ2) is 11.6. The molecule has 2 aromatic rings. The Hall–Kier alpha value is -2.67. The summed E-state index contributed by atoms with van der Waals surface area (Å²) in [6.45, 7) is 6.73. The van der Waals surface area contributed by atoms with Crippen LogP contribution in [0.25, 0.3) is 6.08 Å². The summed E-state index contributed by atoms with van der Waals surface area (Å²) < 4.78 is 5.35. The highest BCUT2D eigenvalue weighted by Crippen LogP contribution is 2.13. The van der Waals surface area contributed by atoms with Gasteiger partial charge in [0.1, 0.15) is 5.70 Å². The zero-order valence-electron chi connectivity index (χ0n) is 17.7. The Morgan fingerprint density at radius 1 is 1.06 bits per heavy atom. The molecule has 0 bridgehead atoms. The first kappa shape index (κ1) is 23.0. The fourth-order valence-electron chi connectivity index (χ4n) is 3.21. The first-order valence-electron chi connectivity index (χ1n) is 10.4. The molecule has 2 aromatic carbocycles. The number of hydrogen-bond acceptors (Lipinski definition) is 4. The maximum absolute atomic E-state index is 12.8. The van der Waals surface area contributed by atoms with Crippen LogP contribution in [0.3, 0.4) is 0 Å². The van der Waals surface area contributed by atoms with Gasteiger partial charge in [0.05, 0.1) is 13.2 Å². The Morgan fingerprint density at radius 3 is 2.42 bits per heavy atom. The molecule has 1 heterocycles. The van der Waals surface area contributed by atoms with E-state index in [1.807, 2.05) is 19.1 Å². The summed E-state index contributed by atoms with van der Waals surface area (Å²) in [4.78, 5) is 27.8. The molecule has 1 aliphatic rings. The van der Waals surface area contributed by atoms with E-state index >= 15 is 0 Å². The molecule has 1 aliphatic heterocycles. The number of carbonyl (C=O) groups is 2. The van der Waals surface area contributed by atoms with Crippen molar-refractivity contribution in [1.29, 1.82) is 0 Å². The maximum atomic E-state index is 12.8. The van der Waals surface area contributed by atoms with E-state index in [-0.39, 0.29) is 17.5 Å². The molecular weight excluding hydrogens is 414 g/mol. The Kier molecular flexibility index (Phi) is 8.64. The molecule has 164 valence electrons. The van der Waals surface area contributed by atoms with Crippen molar-refractivity contribution in [3.05, 3.63) is 75.9 Å². The number of amides is 2. The SMILES string of the molecule is Cc1ccc(C(=O)N/C(=C\c2ccc(Cl)cc2)C(=O)NCCCN2CCOCC2)cc1. The van der Waals surface area contributed by atoms with Crippen molar-refractivity contribution in [2.45, 2.75) is 13.3 Å². The van der Waals surface area contributed by atoms with Crippen LogP contribution < -0.4 is 10.6 Å². The summed E-state index contributed by atoms with van der Waals surface area (Å²) in [5, 5.41) is 6.28. The number of nitrogens with one attached hydrogen (secondary N) is 2. The molecular formula is C24H28ClN3O3. The van der Waals surface area contributed by atoms with Gasteiger partial charge in [-0.25, -0.2) is 0 Å². The van der Waals surface area contributed by atoms with Crippen LogP contribution in [0.5, 0.6) is 0 Å². The number of nitrogens with zero attached hydrogens (tertiary/aromatic N) is 1. The average molecular weight is 442 g/mol. The normalized spacial score (nSPS) is 14.8. The smallest absolute Gasteiger partial charge is 0.267 e. The topological polar surface area (TPSA) is 70.7 Å². The molecule has 6 nitrogen and oxygen atoms in total. The molecule has 2 N–H and O–H groups in total. The number of ether oxygens (including phenoxy) is 1. The van der Waals surface area contributed by atoms with E-state index in [1.165, 1.54) is 0 Å². The summed E-state index contributed by atoms with van der Waals surface area (Å²) in [5.74, 6) is -0.652. The molecule has 0 saturated carbocycles. The highest BCUT2D eigenvalue weighted by atomic mass is 35.5. The van der Waals surface area contributed by atoms with E-state index in [2.05, 4.69) is 15.5 Å². The van der Waals surface area contributed by atoms with Crippen molar-refractivity contribution >= 4 is 29.5 Å². The quantitative estimate of drug-likeness (QED) is 0.487. The third kappa shape index (κ3) is 7.51. The summed E-state index contributed by atoms with van der Waals surface area (Å²) in [6.07, 6.45) is 2.48. The molecule has 0 spiro atoms. The minimum Gasteiger partial charge on any atom is -0.379 e. The molecule has 1 saturated heterocycles. The monoisotopic (exact) mass is 441 g/mol. The molecule has 0 aromatic heterocycles. The van der Waals surface area contributed by atoms with Gasteiger partial charge in [-0.15, -0.1) is 0 Å². The molecule has 0 aliphatic carbocycles. The summed E-state index contributed by atoms with van der Waals surface area (Å²) in [5.41, 5.74) is 2.52. The standard InChI is InChI=1S/C24H28ClN3O3/c1-18-3-7-20(8-4-18)23(29)27-22(17-19-5-9-21(25)10-6-19)24(30)26-11-2-12-28-13-15-31-16-14-28/h3-10,17H,2,11-16H2,1H3,(H,26,30)(H,27,29)/b22-17-. The van der Waals surface area contributed by atoms with Crippen molar-refractivity contribution in [3.8, 4) is 0 Å². The van der Waals surface area contributed by atoms with E-state index in [0.717, 1.165) is 50.4 Å². The lowest BCUT2D eigenvalue weighted by atomic mass is 10.1. The number of hydrogen-bond donors (Lipinski definition) is 2. The minimum atomic E-state index is -0.330. The fourth-order valence-corrected chi connectivity index (χ4v) is 3.33. The molecule has 7 heteroatoms. The lowest BCUT2D eigenvalue weighted by Crippen LogP contribution is -2.39. The first-order chi connectivity index (χ1) is 15.0. The molecule has 0 radical (unpaired) electrons. The number of aryl methyl sites for hydroxylation is 1. The Labute approximate surface area is 188 Å². The number of morpholine rings is 1. The van der Waals surface area contributed by atoms with Crippen LogP contribution in [0, 0.1) is 6.92 Å². The van der Waals surface area contributed by atoms with Gasteiger partial charge in [0, 0.05) is 30.2 Å². The summed E-state index contributed by atoms with van der Waals surface area (Å²) >= 11 is 5.95. The largest absolute Gasteiger partial charge is 0.379 e. The molecule has 31 heavy (non-hydrogen) atoms. The van der Waals surface area contributed by atoms with Gasteiger partial charge in [0.25, 0.3) is 11.8 Å². The van der Waals surface area contributed by atoms with E-state index in [9.17, 15) is 9.59 Å². The zero-order valence-corrected chi connectivity index (χ0v) is 18.5. The molecule has 0 atom stereocenters. The van der Waals surface area contributed by atoms with Gasteiger partial charge in [0.2, 0.25) is 0 Å². The Balaban J connectivity index is 1.64. The van der Waals surface area contributed by atoms with Crippen LogP contribution in [-0.4, -0.2) is 56.1 Å². The lowest BCUT2D eigenvalue weighted by Gasteiger charge is -2.26. The van der Waals surface area contributed by atoms with Crippen molar-refractivity contribution in [3.63, 3.8) is 0 Å². The van der Waals surface area contributed by atoms with Crippen LogP contribution in [0.2, 0.25) is 5.02 Å². The van der Waals surface area contributed by atoms with E-state index in [1.54, 1.807) is 42.5 Å². The molecule has 1 fully saturated rings. The van der Waals surface area contributed by atoms with Gasteiger partial charge in [0.15, 0.2) is 0 Å². The van der Waals surface area contributed by atoms with Gasteiger partial charge in [-0.05, 0) is 55.8 Å².